The second-order valence-electron chi connectivity index (χ2n) is 5.30. The SMILES string of the molecule is COc1ccc(CC(=O)Nc2nc(-c3ccncc3)cs2)cc1C. The number of carbonyl (C=O) groups excluding carboxylic acids is 1. The summed E-state index contributed by atoms with van der Waals surface area (Å²) in [5.74, 6) is 0.733. The molecule has 0 spiro atoms. The highest BCUT2D eigenvalue weighted by molar-refractivity contribution is 7.14. The van der Waals surface area contributed by atoms with Gasteiger partial charge >= 0.3 is 0 Å². The maximum absolute atomic E-state index is 12.2. The Hall–Kier alpha value is -2.73. The standard InChI is InChI=1S/C18H17N3O2S/c1-12-9-13(3-4-16(12)23-2)10-17(22)21-18-20-15(11-24-18)14-5-7-19-8-6-14/h3-9,11H,10H2,1-2H3,(H,20,21,22). The Balaban J connectivity index is 1.65. The number of hydrogen-bond donors (Lipinski definition) is 1. The van der Waals surface area contributed by atoms with Crippen LogP contribution >= 0.6 is 11.3 Å². The van der Waals surface area contributed by atoms with Gasteiger partial charge in [0, 0.05) is 23.3 Å². The van der Waals surface area contributed by atoms with Gasteiger partial charge in [0.15, 0.2) is 5.13 Å². The van der Waals surface area contributed by atoms with Gasteiger partial charge in [-0.3, -0.25) is 9.78 Å². The van der Waals surface area contributed by atoms with Crippen LogP contribution in [0.5, 0.6) is 5.75 Å². The van der Waals surface area contributed by atoms with E-state index in [0.717, 1.165) is 28.1 Å². The Bertz CT molecular complexity index is 846. The molecule has 0 aliphatic carbocycles. The van der Waals surface area contributed by atoms with Crippen LogP contribution in [0, 0.1) is 6.92 Å². The molecule has 1 N–H and O–H groups in total. The summed E-state index contributed by atoms with van der Waals surface area (Å²) in [6, 6.07) is 9.52. The van der Waals surface area contributed by atoms with Crippen molar-refractivity contribution in [2.24, 2.45) is 0 Å². The van der Waals surface area contributed by atoms with E-state index >= 15 is 0 Å². The van der Waals surface area contributed by atoms with E-state index in [1.54, 1.807) is 19.5 Å². The van der Waals surface area contributed by atoms with Gasteiger partial charge in [-0.05, 0) is 36.2 Å². The highest BCUT2D eigenvalue weighted by Gasteiger charge is 2.10. The average Bonchev–Trinajstić information content (AvgIpc) is 3.04. The van der Waals surface area contributed by atoms with Gasteiger partial charge in [0.05, 0.1) is 19.2 Å². The third-order valence-electron chi connectivity index (χ3n) is 3.55. The molecule has 0 saturated heterocycles. The Labute approximate surface area is 144 Å². The van der Waals surface area contributed by atoms with Crippen molar-refractivity contribution in [1.29, 1.82) is 0 Å². The van der Waals surface area contributed by atoms with Crippen molar-refractivity contribution in [2.75, 3.05) is 12.4 Å². The van der Waals surface area contributed by atoms with Gasteiger partial charge < -0.3 is 10.1 Å². The van der Waals surface area contributed by atoms with Crippen LogP contribution in [0.15, 0.2) is 48.1 Å². The smallest absolute Gasteiger partial charge is 0.230 e. The molecule has 3 rings (SSSR count). The van der Waals surface area contributed by atoms with Crippen LogP contribution in [0.1, 0.15) is 11.1 Å². The number of rotatable bonds is 5. The quantitative estimate of drug-likeness (QED) is 0.770. The van der Waals surface area contributed by atoms with Crippen LogP contribution < -0.4 is 10.1 Å². The van der Waals surface area contributed by atoms with Crippen molar-refractivity contribution in [3.8, 4) is 17.0 Å². The molecule has 0 saturated carbocycles. The molecule has 0 fully saturated rings. The first-order valence-corrected chi connectivity index (χ1v) is 8.33. The summed E-state index contributed by atoms with van der Waals surface area (Å²) in [6.07, 6.45) is 3.74. The number of aryl methyl sites for hydroxylation is 1. The lowest BCUT2D eigenvalue weighted by Gasteiger charge is -2.07. The lowest BCUT2D eigenvalue weighted by Crippen LogP contribution is -2.14. The largest absolute Gasteiger partial charge is 0.496 e. The molecule has 0 bridgehead atoms. The molecule has 2 heterocycles. The number of methoxy groups -OCH3 is 1. The van der Waals surface area contributed by atoms with E-state index in [2.05, 4.69) is 15.3 Å². The molecule has 24 heavy (non-hydrogen) atoms. The predicted molar refractivity (Wildman–Crippen MR) is 95.4 cm³/mol. The number of carbonyl (C=O) groups is 1. The number of nitrogens with zero attached hydrogens (tertiary/aromatic N) is 2. The zero-order valence-corrected chi connectivity index (χ0v) is 14.3. The fourth-order valence-electron chi connectivity index (χ4n) is 2.39. The van der Waals surface area contributed by atoms with Crippen LogP contribution in [0.4, 0.5) is 5.13 Å². The first kappa shape index (κ1) is 16.1. The lowest BCUT2D eigenvalue weighted by molar-refractivity contribution is -0.115. The number of ether oxygens (including phenoxy) is 1. The molecule has 0 radical (unpaired) electrons. The third kappa shape index (κ3) is 3.78. The molecule has 5 nitrogen and oxygen atoms in total. The van der Waals surface area contributed by atoms with E-state index < -0.39 is 0 Å². The summed E-state index contributed by atoms with van der Waals surface area (Å²) in [6.45, 7) is 1.96. The van der Waals surface area contributed by atoms with E-state index in [4.69, 9.17) is 4.74 Å². The third-order valence-corrected chi connectivity index (χ3v) is 4.31. The van der Waals surface area contributed by atoms with Crippen molar-refractivity contribution < 1.29 is 9.53 Å². The van der Waals surface area contributed by atoms with Gasteiger partial charge in [-0.15, -0.1) is 11.3 Å². The van der Waals surface area contributed by atoms with E-state index in [9.17, 15) is 4.79 Å². The topological polar surface area (TPSA) is 64.1 Å². The maximum atomic E-state index is 12.2. The number of nitrogens with one attached hydrogen (secondary N) is 1. The van der Waals surface area contributed by atoms with Crippen LogP contribution in [0.2, 0.25) is 0 Å². The zero-order chi connectivity index (χ0) is 16.9. The fraction of sp³-hybridized carbons (Fsp3) is 0.167. The molecular weight excluding hydrogens is 322 g/mol. The molecule has 1 aromatic carbocycles. The summed E-state index contributed by atoms with van der Waals surface area (Å²) < 4.78 is 5.23. The van der Waals surface area contributed by atoms with Gasteiger partial charge in [-0.25, -0.2) is 4.98 Å². The minimum absolute atomic E-state index is 0.0878. The monoisotopic (exact) mass is 339 g/mol. The van der Waals surface area contributed by atoms with Crippen molar-refractivity contribution in [1.82, 2.24) is 9.97 Å². The second-order valence-corrected chi connectivity index (χ2v) is 6.16. The molecule has 0 aliphatic heterocycles. The zero-order valence-electron chi connectivity index (χ0n) is 13.4. The molecule has 0 aliphatic rings. The summed E-state index contributed by atoms with van der Waals surface area (Å²) in [5.41, 5.74) is 3.76. The van der Waals surface area contributed by atoms with Gasteiger partial charge in [-0.1, -0.05) is 12.1 Å². The van der Waals surface area contributed by atoms with Crippen LogP contribution in [0.25, 0.3) is 11.3 Å². The second kappa shape index (κ2) is 7.23. The van der Waals surface area contributed by atoms with Crippen molar-refractivity contribution >= 4 is 22.4 Å². The lowest BCUT2D eigenvalue weighted by atomic mass is 10.1. The molecule has 122 valence electrons. The van der Waals surface area contributed by atoms with E-state index in [0.29, 0.717) is 11.6 Å². The number of pyridine rings is 1. The molecule has 3 aromatic rings. The molecule has 0 unspecified atom stereocenters. The van der Waals surface area contributed by atoms with Crippen LogP contribution in [-0.4, -0.2) is 23.0 Å². The number of thiazole rings is 1. The molecule has 1 amide bonds. The summed E-state index contributed by atoms with van der Waals surface area (Å²) in [5, 5.41) is 5.36. The highest BCUT2D eigenvalue weighted by atomic mass is 32.1. The minimum Gasteiger partial charge on any atom is -0.496 e. The number of aromatic nitrogens is 2. The first-order chi connectivity index (χ1) is 11.7. The molecule has 2 aromatic heterocycles. The number of hydrogen-bond acceptors (Lipinski definition) is 5. The highest BCUT2D eigenvalue weighted by Crippen LogP contribution is 2.24. The summed E-state index contributed by atoms with van der Waals surface area (Å²) in [4.78, 5) is 20.6. The van der Waals surface area contributed by atoms with Crippen LogP contribution in [-0.2, 0) is 11.2 Å². The average molecular weight is 339 g/mol. The minimum atomic E-state index is -0.0878. The Morgan fingerprint density at radius 1 is 1.25 bits per heavy atom. The van der Waals surface area contributed by atoms with Crippen molar-refractivity contribution in [3.05, 3.63) is 59.2 Å². The normalized spacial score (nSPS) is 10.4. The predicted octanol–water partition coefficient (Wildman–Crippen LogP) is 3.70. The summed E-state index contributed by atoms with van der Waals surface area (Å²) >= 11 is 1.41. The molecule has 0 atom stereocenters. The Morgan fingerprint density at radius 3 is 2.75 bits per heavy atom. The summed E-state index contributed by atoms with van der Waals surface area (Å²) in [7, 11) is 1.64. The Morgan fingerprint density at radius 2 is 2.04 bits per heavy atom. The Kier molecular flexibility index (Phi) is 4.86. The van der Waals surface area contributed by atoms with E-state index in [-0.39, 0.29) is 5.91 Å². The number of benzene rings is 1. The van der Waals surface area contributed by atoms with Gasteiger partial charge in [0.1, 0.15) is 5.75 Å². The van der Waals surface area contributed by atoms with Gasteiger partial charge in [0.2, 0.25) is 5.91 Å². The van der Waals surface area contributed by atoms with Crippen molar-refractivity contribution in [2.45, 2.75) is 13.3 Å². The van der Waals surface area contributed by atoms with Gasteiger partial charge in [0.25, 0.3) is 0 Å². The fourth-order valence-corrected chi connectivity index (χ4v) is 3.12. The van der Waals surface area contributed by atoms with Crippen LogP contribution in [0.3, 0.4) is 0 Å². The molecule has 6 heteroatoms. The van der Waals surface area contributed by atoms with Gasteiger partial charge in [-0.2, -0.15) is 0 Å². The van der Waals surface area contributed by atoms with Crippen molar-refractivity contribution in [3.63, 3.8) is 0 Å². The maximum Gasteiger partial charge on any atom is 0.230 e. The first-order valence-electron chi connectivity index (χ1n) is 7.45. The van der Waals surface area contributed by atoms with E-state index in [1.165, 1.54) is 11.3 Å². The van der Waals surface area contributed by atoms with E-state index in [1.807, 2.05) is 42.6 Å². The number of anilines is 1. The number of amides is 1. The molecular formula is C18H17N3O2S.